The molecule has 88 valence electrons. The third kappa shape index (κ3) is 2.85. The predicted molar refractivity (Wildman–Crippen MR) is 63.9 cm³/mol. The Bertz CT molecular complexity index is 520. The molecule has 0 bridgehead atoms. The summed E-state index contributed by atoms with van der Waals surface area (Å²) in [5.41, 5.74) is 2.02. The van der Waals surface area contributed by atoms with Gasteiger partial charge in [-0.1, -0.05) is 28.9 Å². The first kappa shape index (κ1) is 11.7. The molecule has 4 nitrogen and oxygen atoms in total. The molecule has 0 saturated heterocycles. The first-order valence-corrected chi connectivity index (χ1v) is 5.48. The number of hydrogen-bond acceptors (Lipinski definition) is 3. The molecule has 0 unspecified atom stereocenters. The maximum atomic E-state index is 11.7. The van der Waals surface area contributed by atoms with Gasteiger partial charge in [0.05, 0.1) is 5.69 Å². The normalized spacial score (nSPS) is 10.2. The van der Waals surface area contributed by atoms with Gasteiger partial charge >= 0.3 is 0 Å². The minimum atomic E-state index is -0.196. The van der Waals surface area contributed by atoms with Gasteiger partial charge in [-0.25, -0.2) is 0 Å². The lowest BCUT2D eigenvalue weighted by molar-refractivity contribution is 0.0950. The van der Waals surface area contributed by atoms with E-state index in [9.17, 15) is 4.79 Å². The lowest BCUT2D eigenvalue weighted by Crippen LogP contribution is -2.22. The summed E-state index contributed by atoms with van der Waals surface area (Å²) in [5, 5.41) is 7.11. The molecule has 2 aromatic rings. The van der Waals surface area contributed by atoms with Gasteiger partial charge in [0.15, 0.2) is 0 Å². The number of nitrogens with zero attached hydrogens (tertiary/aromatic N) is 1. The van der Waals surface area contributed by atoms with Gasteiger partial charge in [0.25, 0.3) is 5.91 Å². The summed E-state index contributed by atoms with van der Waals surface area (Å²) in [5.74, 6) is -0.196. The first-order chi connectivity index (χ1) is 8.16. The third-order valence-corrected chi connectivity index (χ3v) is 2.61. The van der Waals surface area contributed by atoms with Crippen molar-refractivity contribution in [2.75, 3.05) is 0 Å². The number of rotatable bonds is 3. The second kappa shape index (κ2) is 5.01. The Balaban J connectivity index is 1.97. The molecule has 1 aromatic heterocycles. The van der Waals surface area contributed by atoms with Gasteiger partial charge in [-0.15, -0.1) is 0 Å². The topological polar surface area (TPSA) is 55.1 Å². The molecule has 1 N–H and O–H groups in total. The number of carbonyl (C=O) groups excluding carboxylic acids is 1. The molecule has 0 aliphatic rings. The summed E-state index contributed by atoms with van der Waals surface area (Å²) in [6, 6.07) is 7.30. The number of aryl methyl sites for hydroxylation is 1. The number of benzene rings is 1. The summed E-state index contributed by atoms with van der Waals surface area (Å²) in [7, 11) is 0. The molecule has 0 aliphatic heterocycles. The zero-order chi connectivity index (χ0) is 12.3. The van der Waals surface area contributed by atoms with Crippen LogP contribution in [0.15, 0.2) is 35.1 Å². The zero-order valence-electron chi connectivity index (χ0n) is 9.24. The number of halogens is 1. The number of amides is 1. The molecule has 1 heterocycles. The van der Waals surface area contributed by atoms with Crippen molar-refractivity contribution >= 4 is 17.5 Å². The molecule has 17 heavy (non-hydrogen) atoms. The summed E-state index contributed by atoms with van der Waals surface area (Å²) in [4.78, 5) is 11.7. The van der Waals surface area contributed by atoms with E-state index in [4.69, 9.17) is 16.1 Å². The van der Waals surface area contributed by atoms with E-state index in [2.05, 4.69) is 10.5 Å². The van der Waals surface area contributed by atoms with E-state index in [0.29, 0.717) is 22.8 Å². The standard InChI is InChI=1S/C12H11ClN2O2/c1-8-11(7-17-15-8)12(16)14-6-9-2-4-10(13)5-3-9/h2-5,7H,6H2,1H3,(H,14,16). The van der Waals surface area contributed by atoms with E-state index in [1.54, 1.807) is 19.1 Å². The van der Waals surface area contributed by atoms with Crippen LogP contribution in [0.2, 0.25) is 5.02 Å². The number of nitrogens with one attached hydrogen (secondary N) is 1. The van der Waals surface area contributed by atoms with Crippen LogP contribution in [0, 0.1) is 6.92 Å². The SMILES string of the molecule is Cc1nocc1C(=O)NCc1ccc(Cl)cc1. The smallest absolute Gasteiger partial charge is 0.256 e. The Labute approximate surface area is 104 Å². The van der Waals surface area contributed by atoms with E-state index in [-0.39, 0.29) is 5.91 Å². The summed E-state index contributed by atoms with van der Waals surface area (Å²) in [6.45, 7) is 2.17. The van der Waals surface area contributed by atoms with Gasteiger partial charge in [-0.05, 0) is 24.6 Å². The van der Waals surface area contributed by atoms with Gasteiger partial charge in [0.2, 0.25) is 0 Å². The minimum absolute atomic E-state index is 0.196. The number of aromatic nitrogens is 1. The van der Waals surface area contributed by atoms with E-state index in [0.717, 1.165) is 5.56 Å². The Morgan fingerprint density at radius 1 is 1.41 bits per heavy atom. The van der Waals surface area contributed by atoms with Crippen molar-refractivity contribution < 1.29 is 9.32 Å². The largest absolute Gasteiger partial charge is 0.364 e. The Morgan fingerprint density at radius 3 is 2.71 bits per heavy atom. The van der Waals surface area contributed by atoms with Crippen LogP contribution < -0.4 is 5.32 Å². The van der Waals surface area contributed by atoms with Crippen LogP contribution in [0.1, 0.15) is 21.6 Å². The molecule has 0 spiro atoms. The van der Waals surface area contributed by atoms with Crippen molar-refractivity contribution in [1.29, 1.82) is 0 Å². The van der Waals surface area contributed by atoms with E-state index in [1.807, 2.05) is 12.1 Å². The molecular weight excluding hydrogens is 240 g/mol. The summed E-state index contributed by atoms with van der Waals surface area (Å²) in [6.07, 6.45) is 1.34. The molecule has 1 amide bonds. The van der Waals surface area contributed by atoms with Gasteiger partial charge in [0, 0.05) is 11.6 Å². The molecule has 0 radical (unpaired) electrons. The molecule has 0 saturated carbocycles. The highest BCUT2D eigenvalue weighted by Crippen LogP contribution is 2.10. The highest BCUT2D eigenvalue weighted by molar-refractivity contribution is 6.30. The summed E-state index contributed by atoms with van der Waals surface area (Å²) < 4.78 is 4.71. The van der Waals surface area contributed by atoms with Crippen LogP contribution in [0.25, 0.3) is 0 Å². The molecule has 0 atom stereocenters. The predicted octanol–water partition coefficient (Wildman–Crippen LogP) is 2.57. The van der Waals surface area contributed by atoms with Gasteiger partial charge in [-0.3, -0.25) is 4.79 Å². The molecule has 1 aromatic carbocycles. The maximum Gasteiger partial charge on any atom is 0.256 e. The second-order valence-electron chi connectivity index (χ2n) is 3.62. The molecule has 0 fully saturated rings. The lowest BCUT2D eigenvalue weighted by Gasteiger charge is -2.04. The fourth-order valence-electron chi connectivity index (χ4n) is 1.39. The van der Waals surface area contributed by atoms with Crippen LogP contribution in [0.3, 0.4) is 0 Å². The molecule has 0 aliphatic carbocycles. The first-order valence-electron chi connectivity index (χ1n) is 5.10. The fraction of sp³-hybridized carbons (Fsp3) is 0.167. The highest BCUT2D eigenvalue weighted by atomic mass is 35.5. The number of hydrogen-bond donors (Lipinski definition) is 1. The van der Waals surface area contributed by atoms with Crippen LogP contribution in [0.5, 0.6) is 0 Å². The van der Waals surface area contributed by atoms with E-state index >= 15 is 0 Å². The van der Waals surface area contributed by atoms with Gasteiger partial charge < -0.3 is 9.84 Å². The maximum absolute atomic E-state index is 11.7. The van der Waals surface area contributed by atoms with Crippen molar-refractivity contribution in [3.63, 3.8) is 0 Å². The van der Waals surface area contributed by atoms with Crippen molar-refractivity contribution in [2.45, 2.75) is 13.5 Å². The highest BCUT2D eigenvalue weighted by Gasteiger charge is 2.11. The van der Waals surface area contributed by atoms with Gasteiger partial charge in [0.1, 0.15) is 11.8 Å². The molecule has 2 rings (SSSR count). The monoisotopic (exact) mass is 250 g/mol. The lowest BCUT2D eigenvalue weighted by atomic mass is 10.2. The fourth-order valence-corrected chi connectivity index (χ4v) is 1.52. The Hall–Kier alpha value is -1.81. The van der Waals surface area contributed by atoms with E-state index < -0.39 is 0 Å². The molecule has 5 heteroatoms. The summed E-state index contributed by atoms with van der Waals surface area (Å²) >= 11 is 5.77. The minimum Gasteiger partial charge on any atom is -0.364 e. The van der Waals surface area contributed by atoms with Crippen molar-refractivity contribution in [2.24, 2.45) is 0 Å². The number of carbonyl (C=O) groups is 1. The van der Waals surface area contributed by atoms with E-state index in [1.165, 1.54) is 6.26 Å². The third-order valence-electron chi connectivity index (χ3n) is 2.36. The Kier molecular flexibility index (Phi) is 3.44. The van der Waals surface area contributed by atoms with Crippen molar-refractivity contribution in [1.82, 2.24) is 10.5 Å². The average Bonchev–Trinajstić information content (AvgIpc) is 2.74. The van der Waals surface area contributed by atoms with Crippen LogP contribution in [-0.2, 0) is 6.54 Å². The zero-order valence-corrected chi connectivity index (χ0v) is 9.99. The van der Waals surface area contributed by atoms with Crippen LogP contribution in [-0.4, -0.2) is 11.1 Å². The van der Waals surface area contributed by atoms with Crippen molar-refractivity contribution in [3.8, 4) is 0 Å². The molecular formula is C12H11ClN2O2. The second-order valence-corrected chi connectivity index (χ2v) is 4.06. The quantitative estimate of drug-likeness (QED) is 0.911. The Morgan fingerprint density at radius 2 is 2.12 bits per heavy atom. The average molecular weight is 251 g/mol. The van der Waals surface area contributed by atoms with Crippen LogP contribution >= 0.6 is 11.6 Å². The van der Waals surface area contributed by atoms with Gasteiger partial charge in [-0.2, -0.15) is 0 Å². The van der Waals surface area contributed by atoms with Crippen molar-refractivity contribution in [3.05, 3.63) is 52.4 Å². The van der Waals surface area contributed by atoms with Crippen LogP contribution in [0.4, 0.5) is 0 Å².